The molecule has 72 valence electrons. The van der Waals surface area contributed by atoms with Gasteiger partial charge in [-0.3, -0.25) is 4.98 Å². The first kappa shape index (κ1) is 9.31. The van der Waals surface area contributed by atoms with Gasteiger partial charge in [-0.25, -0.2) is 4.79 Å². The Morgan fingerprint density at radius 1 is 1.07 bits per heavy atom. The van der Waals surface area contributed by atoms with E-state index in [1.807, 2.05) is 30.3 Å². The lowest BCUT2D eigenvalue weighted by molar-refractivity contribution is 0.565. The third-order valence-corrected chi connectivity index (χ3v) is 2.01. The van der Waals surface area contributed by atoms with Crippen LogP contribution in [0, 0.1) is 0 Å². The van der Waals surface area contributed by atoms with E-state index in [2.05, 4.69) is 9.98 Å². The number of carbonyl (C=O) groups excluding carboxylic acids is 1. The SMILES string of the molecule is O=C=Nc1cncc(-c2ccccc2)c1. The van der Waals surface area contributed by atoms with Crippen LogP contribution in [-0.4, -0.2) is 11.1 Å². The van der Waals surface area contributed by atoms with E-state index in [9.17, 15) is 4.79 Å². The molecular formula is C12H8N2O. The van der Waals surface area contributed by atoms with Gasteiger partial charge in [0.1, 0.15) is 0 Å². The van der Waals surface area contributed by atoms with E-state index in [-0.39, 0.29) is 0 Å². The van der Waals surface area contributed by atoms with Crippen molar-refractivity contribution in [3.05, 3.63) is 48.8 Å². The summed E-state index contributed by atoms with van der Waals surface area (Å²) in [6.07, 6.45) is 4.76. The second-order valence-electron chi connectivity index (χ2n) is 3.00. The summed E-state index contributed by atoms with van der Waals surface area (Å²) in [4.78, 5) is 17.6. The first-order valence-corrected chi connectivity index (χ1v) is 4.48. The van der Waals surface area contributed by atoms with Crippen molar-refractivity contribution in [1.82, 2.24) is 4.98 Å². The quantitative estimate of drug-likeness (QED) is 0.547. The fourth-order valence-corrected chi connectivity index (χ4v) is 1.33. The molecule has 0 aliphatic carbocycles. The Bertz CT molecular complexity index is 502. The molecule has 0 amide bonds. The van der Waals surface area contributed by atoms with Crippen LogP contribution in [0.4, 0.5) is 5.69 Å². The molecule has 0 aliphatic heterocycles. The van der Waals surface area contributed by atoms with Gasteiger partial charge >= 0.3 is 0 Å². The highest BCUT2D eigenvalue weighted by Gasteiger charge is 1.97. The minimum absolute atomic E-state index is 0.520. The molecule has 0 radical (unpaired) electrons. The number of rotatable bonds is 2. The molecule has 0 aliphatic rings. The van der Waals surface area contributed by atoms with Gasteiger partial charge in [0.05, 0.1) is 11.9 Å². The first-order chi connectivity index (χ1) is 7.40. The van der Waals surface area contributed by atoms with E-state index >= 15 is 0 Å². The lowest BCUT2D eigenvalue weighted by Crippen LogP contribution is -1.78. The average molecular weight is 196 g/mol. The Morgan fingerprint density at radius 3 is 2.60 bits per heavy atom. The summed E-state index contributed by atoms with van der Waals surface area (Å²) in [5.74, 6) is 0. The Morgan fingerprint density at radius 2 is 1.87 bits per heavy atom. The van der Waals surface area contributed by atoms with Crippen LogP contribution in [0.25, 0.3) is 11.1 Å². The Balaban J connectivity index is 2.46. The summed E-state index contributed by atoms with van der Waals surface area (Å²) < 4.78 is 0. The third kappa shape index (κ3) is 2.16. The lowest BCUT2D eigenvalue weighted by atomic mass is 10.1. The molecular weight excluding hydrogens is 188 g/mol. The van der Waals surface area contributed by atoms with Gasteiger partial charge < -0.3 is 0 Å². The van der Waals surface area contributed by atoms with E-state index in [4.69, 9.17) is 0 Å². The van der Waals surface area contributed by atoms with Crippen LogP contribution in [0.2, 0.25) is 0 Å². The first-order valence-electron chi connectivity index (χ1n) is 4.48. The van der Waals surface area contributed by atoms with Gasteiger partial charge in [0.15, 0.2) is 0 Å². The van der Waals surface area contributed by atoms with E-state index in [0.717, 1.165) is 11.1 Å². The summed E-state index contributed by atoms with van der Waals surface area (Å²) in [7, 11) is 0. The lowest BCUT2D eigenvalue weighted by Gasteiger charge is -2.00. The summed E-state index contributed by atoms with van der Waals surface area (Å²) in [6.45, 7) is 0. The standard InChI is InChI=1S/C12H8N2O/c15-9-14-12-6-11(7-13-8-12)10-4-2-1-3-5-10/h1-8H. The molecule has 0 bridgehead atoms. The molecule has 0 saturated carbocycles. The molecule has 0 N–H and O–H groups in total. The van der Waals surface area contributed by atoms with Gasteiger partial charge in [0, 0.05) is 11.8 Å². The molecule has 0 spiro atoms. The minimum Gasteiger partial charge on any atom is -0.262 e. The van der Waals surface area contributed by atoms with E-state index in [1.165, 1.54) is 12.3 Å². The van der Waals surface area contributed by atoms with Crippen molar-refractivity contribution in [3.63, 3.8) is 0 Å². The smallest absolute Gasteiger partial charge is 0.240 e. The molecule has 1 aromatic heterocycles. The van der Waals surface area contributed by atoms with Crippen molar-refractivity contribution < 1.29 is 4.79 Å². The molecule has 15 heavy (non-hydrogen) atoms. The zero-order chi connectivity index (χ0) is 10.5. The number of aromatic nitrogens is 1. The van der Waals surface area contributed by atoms with Gasteiger partial charge in [0.2, 0.25) is 6.08 Å². The summed E-state index contributed by atoms with van der Waals surface area (Å²) in [5.41, 5.74) is 2.51. The highest BCUT2D eigenvalue weighted by molar-refractivity contribution is 5.66. The molecule has 3 heteroatoms. The molecule has 1 aromatic carbocycles. The Hall–Kier alpha value is -2.25. The maximum absolute atomic E-state index is 10.1. The highest BCUT2D eigenvalue weighted by atomic mass is 16.1. The van der Waals surface area contributed by atoms with Crippen LogP contribution in [0.5, 0.6) is 0 Å². The van der Waals surface area contributed by atoms with Crippen molar-refractivity contribution in [2.45, 2.75) is 0 Å². The highest BCUT2D eigenvalue weighted by Crippen LogP contribution is 2.21. The summed E-state index contributed by atoms with van der Waals surface area (Å²) >= 11 is 0. The second-order valence-corrected chi connectivity index (χ2v) is 3.00. The maximum atomic E-state index is 10.1. The van der Waals surface area contributed by atoms with Crippen molar-refractivity contribution in [1.29, 1.82) is 0 Å². The van der Waals surface area contributed by atoms with Crippen molar-refractivity contribution >= 4 is 11.8 Å². The topological polar surface area (TPSA) is 42.3 Å². The summed E-state index contributed by atoms with van der Waals surface area (Å²) in [6, 6.07) is 11.6. The number of nitrogens with zero attached hydrogens (tertiary/aromatic N) is 2. The molecule has 2 rings (SSSR count). The second kappa shape index (κ2) is 4.31. The van der Waals surface area contributed by atoms with Crippen LogP contribution in [0.15, 0.2) is 53.8 Å². The van der Waals surface area contributed by atoms with Crippen LogP contribution < -0.4 is 0 Å². The number of hydrogen-bond donors (Lipinski definition) is 0. The van der Waals surface area contributed by atoms with Gasteiger partial charge in [-0.05, 0) is 11.6 Å². The number of benzene rings is 1. The zero-order valence-corrected chi connectivity index (χ0v) is 7.92. The van der Waals surface area contributed by atoms with E-state index in [0.29, 0.717) is 5.69 Å². The number of isocyanates is 1. The zero-order valence-electron chi connectivity index (χ0n) is 7.92. The van der Waals surface area contributed by atoms with Crippen molar-refractivity contribution in [2.24, 2.45) is 4.99 Å². The van der Waals surface area contributed by atoms with Crippen molar-refractivity contribution in [3.8, 4) is 11.1 Å². The van der Waals surface area contributed by atoms with E-state index < -0.39 is 0 Å². The molecule has 0 fully saturated rings. The molecule has 0 unspecified atom stereocenters. The Labute approximate surface area is 87.1 Å². The fraction of sp³-hybridized carbons (Fsp3) is 0. The largest absolute Gasteiger partial charge is 0.262 e. The van der Waals surface area contributed by atoms with E-state index in [1.54, 1.807) is 12.3 Å². The predicted octanol–water partition coefficient (Wildman–Crippen LogP) is 2.72. The van der Waals surface area contributed by atoms with Gasteiger partial charge in [-0.2, -0.15) is 4.99 Å². The van der Waals surface area contributed by atoms with Gasteiger partial charge in [-0.1, -0.05) is 30.3 Å². The molecule has 0 atom stereocenters. The molecule has 3 nitrogen and oxygen atoms in total. The normalized spacial score (nSPS) is 9.33. The van der Waals surface area contributed by atoms with Crippen LogP contribution in [0.1, 0.15) is 0 Å². The Kier molecular flexibility index (Phi) is 2.68. The number of pyridine rings is 1. The minimum atomic E-state index is 0.520. The number of aliphatic imine (C=N–C) groups is 1. The molecule has 1 heterocycles. The third-order valence-electron chi connectivity index (χ3n) is 2.01. The monoisotopic (exact) mass is 196 g/mol. The van der Waals surface area contributed by atoms with Crippen LogP contribution >= 0.6 is 0 Å². The summed E-state index contributed by atoms with van der Waals surface area (Å²) in [5, 5.41) is 0. The average Bonchev–Trinajstić information content (AvgIpc) is 2.31. The number of hydrogen-bond acceptors (Lipinski definition) is 3. The fourth-order valence-electron chi connectivity index (χ4n) is 1.33. The maximum Gasteiger partial charge on any atom is 0.240 e. The molecule has 0 saturated heterocycles. The van der Waals surface area contributed by atoms with Gasteiger partial charge in [-0.15, -0.1) is 0 Å². The van der Waals surface area contributed by atoms with Crippen LogP contribution in [-0.2, 0) is 4.79 Å². The predicted molar refractivity (Wildman–Crippen MR) is 57.5 cm³/mol. The molecule has 2 aromatic rings. The van der Waals surface area contributed by atoms with Gasteiger partial charge in [0.25, 0.3) is 0 Å². The van der Waals surface area contributed by atoms with Crippen LogP contribution in [0.3, 0.4) is 0 Å². The van der Waals surface area contributed by atoms with Crippen molar-refractivity contribution in [2.75, 3.05) is 0 Å².